The molecule has 0 bridgehead atoms. The summed E-state index contributed by atoms with van der Waals surface area (Å²) in [5.41, 5.74) is 1.62. The third-order valence-corrected chi connectivity index (χ3v) is 4.13. The van der Waals surface area contributed by atoms with Gasteiger partial charge in [0.15, 0.2) is 5.78 Å². The van der Waals surface area contributed by atoms with Crippen LogP contribution in [0.15, 0.2) is 30.5 Å². The van der Waals surface area contributed by atoms with E-state index >= 15 is 0 Å². The molecule has 120 valence electrons. The molecule has 1 N–H and O–H groups in total. The largest absolute Gasteiger partial charge is 0.353 e. The van der Waals surface area contributed by atoms with Gasteiger partial charge in [-0.1, -0.05) is 18.2 Å². The van der Waals surface area contributed by atoms with Gasteiger partial charge in [0.1, 0.15) is 0 Å². The number of para-hydroxylation sites is 1. The Labute approximate surface area is 134 Å². The highest BCUT2D eigenvalue weighted by Gasteiger charge is 2.21. The van der Waals surface area contributed by atoms with Gasteiger partial charge in [-0.05, 0) is 13.0 Å². The number of fused-ring (bicyclic) bond motifs is 1. The molecule has 0 spiro atoms. The highest BCUT2D eigenvalue weighted by Crippen LogP contribution is 2.22. The Hall–Kier alpha value is -2.63. The SMILES string of the molecule is CC(=O)c1cn(CCC(=O)N2CCNC(=O)C2)c2ccccc12. The summed E-state index contributed by atoms with van der Waals surface area (Å²) in [6.07, 6.45) is 2.12. The van der Waals surface area contributed by atoms with Gasteiger partial charge in [0, 0.05) is 48.7 Å². The first-order chi connectivity index (χ1) is 11.1. The maximum Gasteiger partial charge on any atom is 0.239 e. The summed E-state index contributed by atoms with van der Waals surface area (Å²) in [6.45, 7) is 3.22. The van der Waals surface area contributed by atoms with Gasteiger partial charge in [0.05, 0.1) is 6.54 Å². The molecule has 1 fully saturated rings. The first kappa shape index (κ1) is 15.3. The summed E-state index contributed by atoms with van der Waals surface area (Å²) in [6, 6.07) is 7.68. The van der Waals surface area contributed by atoms with E-state index in [2.05, 4.69) is 5.32 Å². The summed E-state index contributed by atoms with van der Waals surface area (Å²) in [7, 11) is 0. The van der Waals surface area contributed by atoms with E-state index in [0.29, 0.717) is 31.6 Å². The molecule has 0 radical (unpaired) electrons. The van der Waals surface area contributed by atoms with Crippen LogP contribution in [0.25, 0.3) is 10.9 Å². The molecule has 2 heterocycles. The number of aromatic nitrogens is 1. The molecule has 1 aliphatic rings. The Morgan fingerprint density at radius 1 is 1.26 bits per heavy atom. The Morgan fingerprint density at radius 3 is 2.78 bits per heavy atom. The quantitative estimate of drug-likeness (QED) is 0.862. The fraction of sp³-hybridized carbons (Fsp3) is 0.353. The number of benzene rings is 1. The average Bonchev–Trinajstić information content (AvgIpc) is 2.92. The van der Waals surface area contributed by atoms with Crippen molar-refractivity contribution in [1.82, 2.24) is 14.8 Å². The number of rotatable bonds is 4. The predicted octanol–water partition coefficient (Wildman–Crippen LogP) is 1.19. The van der Waals surface area contributed by atoms with Crippen LogP contribution in [0.3, 0.4) is 0 Å². The molecule has 2 aromatic rings. The number of ketones is 1. The molecule has 6 nitrogen and oxygen atoms in total. The lowest BCUT2D eigenvalue weighted by molar-refractivity contribution is -0.138. The van der Waals surface area contributed by atoms with Gasteiger partial charge in [-0.3, -0.25) is 14.4 Å². The van der Waals surface area contributed by atoms with Gasteiger partial charge in [-0.2, -0.15) is 0 Å². The minimum absolute atomic E-state index is 0.0129. The number of carbonyl (C=O) groups excluding carboxylic acids is 3. The first-order valence-electron chi connectivity index (χ1n) is 7.69. The number of carbonyl (C=O) groups is 3. The number of amides is 2. The van der Waals surface area contributed by atoms with Gasteiger partial charge in [0.2, 0.25) is 11.8 Å². The third-order valence-electron chi connectivity index (χ3n) is 4.13. The van der Waals surface area contributed by atoms with Crippen molar-refractivity contribution >= 4 is 28.5 Å². The summed E-state index contributed by atoms with van der Waals surface area (Å²) < 4.78 is 1.94. The zero-order valence-corrected chi connectivity index (χ0v) is 13.0. The van der Waals surface area contributed by atoms with Gasteiger partial charge in [-0.15, -0.1) is 0 Å². The second kappa shape index (κ2) is 6.24. The Kier molecular flexibility index (Phi) is 4.14. The topological polar surface area (TPSA) is 71.4 Å². The molecule has 0 saturated carbocycles. The van der Waals surface area contributed by atoms with Crippen LogP contribution >= 0.6 is 0 Å². The van der Waals surface area contributed by atoms with Crippen molar-refractivity contribution < 1.29 is 14.4 Å². The third kappa shape index (κ3) is 3.11. The van der Waals surface area contributed by atoms with Crippen LogP contribution in [-0.4, -0.2) is 46.7 Å². The molecule has 2 amide bonds. The first-order valence-corrected chi connectivity index (χ1v) is 7.69. The summed E-state index contributed by atoms with van der Waals surface area (Å²) in [5.74, 6) is -0.143. The molecule has 1 aromatic carbocycles. The predicted molar refractivity (Wildman–Crippen MR) is 86.1 cm³/mol. The van der Waals surface area contributed by atoms with Crippen LogP contribution in [0.2, 0.25) is 0 Å². The molecule has 3 rings (SSSR count). The van der Waals surface area contributed by atoms with Gasteiger partial charge >= 0.3 is 0 Å². The van der Waals surface area contributed by atoms with Crippen molar-refractivity contribution in [3.63, 3.8) is 0 Å². The molecule has 0 atom stereocenters. The molecular formula is C17H19N3O3. The zero-order valence-electron chi connectivity index (χ0n) is 13.0. The molecular weight excluding hydrogens is 294 g/mol. The lowest BCUT2D eigenvalue weighted by atomic mass is 10.1. The number of aryl methyl sites for hydroxylation is 1. The molecule has 1 aromatic heterocycles. The molecule has 1 aliphatic heterocycles. The lowest BCUT2D eigenvalue weighted by Gasteiger charge is -2.26. The minimum atomic E-state index is -0.116. The summed E-state index contributed by atoms with van der Waals surface area (Å²) >= 11 is 0. The maximum atomic E-state index is 12.3. The van der Waals surface area contributed by atoms with E-state index in [0.717, 1.165) is 10.9 Å². The number of piperazine rings is 1. The van der Waals surface area contributed by atoms with Crippen molar-refractivity contribution in [1.29, 1.82) is 0 Å². The van der Waals surface area contributed by atoms with Crippen molar-refractivity contribution in [2.24, 2.45) is 0 Å². The van der Waals surface area contributed by atoms with E-state index in [1.54, 1.807) is 11.8 Å². The molecule has 1 saturated heterocycles. The van der Waals surface area contributed by atoms with Gasteiger partial charge in [0.25, 0.3) is 0 Å². The Morgan fingerprint density at radius 2 is 2.04 bits per heavy atom. The van der Waals surface area contributed by atoms with Crippen molar-refractivity contribution in [2.45, 2.75) is 19.9 Å². The van der Waals surface area contributed by atoms with Crippen molar-refractivity contribution in [3.05, 3.63) is 36.0 Å². The van der Waals surface area contributed by atoms with E-state index in [-0.39, 0.29) is 24.1 Å². The summed E-state index contributed by atoms with van der Waals surface area (Å²) in [5, 5.41) is 3.61. The minimum Gasteiger partial charge on any atom is -0.353 e. The molecule has 23 heavy (non-hydrogen) atoms. The van der Waals surface area contributed by atoms with E-state index in [4.69, 9.17) is 0 Å². The average molecular weight is 313 g/mol. The summed E-state index contributed by atoms with van der Waals surface area (Å²) in [4.78, 5) is 37.0. The molecule has 6 heteroatoms. The second-order valence-electron chi connectivity index (χ2n) is 5.72. The zero-order chi connectivity index (χ0) is 16.4. The smallest absolute Gasteiger partial charge is 0.239 e. The molecule has 0 aliphatic carbocycles. The number of Topliss-reactive ketones (excluding diaryl/α,β-unsaturated/α-hetero) is 1. The van der Waals surface area contributed by atoms with Crippen LogP contribution in [-0.2, 0) is 16.1 Å². The van der Waals surface area contributed by atoms with Gasteiger partial charge < -0.3 is 14.8 Å². The lowest BCUT2D eigenvalue weighted by Crippen LogP contribution is -2.50. The van der Waals surface area contributed by atoms with E-state index in [9.17, 15) is 14.4 Å². The Balaban J connectivity index is 1.75. The highest BCUT2D eigenvalue weighted by atomic mass is 16.2. The van der Waals surface area contributed by atoms with E-state index in [1.807, 2.05) is 35.0 Å². The molecule has 0 unspecified atom stereocenters. The normalized spacial score (nSPS) is 14.8. The maximum absolute atomic E-state index is 12.3. The number of hydrogen-bond acceptors (Lipinski definition) is 3. The fourth-order valence-electron chi connectivity index (χ4n) is 2.94. The van der Waals surface area contributed by atoms with Crippen molar-refractivity contribution in [3.8, 4) is 0 Å². The van der Waals surface area contributed by atoms with Crippen LogP contribution in [0.5, 0.6) is 0 Å². The van der Waals surface area contributed by atoms with Crippen LogP contribution in [0, 0.1) is 0 Å². The van der Waals surface area contributed by atoms with Crippen molar-refractivity contribution in [2.75, 3.05) is 19.6 Å². The second-order valence-corrected chi connectivity index (χ2v) is 5.72. The number of hydrogen-bond donors (Lipinski definition) is 1. The van der Waals surface area contributed by atoms with Gasteiger partial charge in [-0.25, -0.2) is 0 Å². The number of nitrogens with zero attached hydrogens (tertiary/aromatic N) is 2. The number of nitrogens with one attached hydrogen (secondary N) is 1. The van der Waals surface area contributed by atoms with Crippen LogP contribution < -0.4 is 5.32 Å². The standard InChI is InChI=1S/C17H19N3O3/c1-12(21)14-10-19(15-5-3-2-4-13(14)15)8-6-17(23)20-9-7-18-16(22)11-20/h2-5,10H,6-9,11H2,1H3,(H,18,22). The van der Waals surface area contributed by atoms with Crippen LogP contribution in [0.1, 0.15) is 23.7 Å². The highest BCUT2D eigenvalue weighted by molar-refractivity contribution is 6.07. The fourth-order valence-corrected chi connectivity index (χ4v) is 2.94. The Bertz CT molecular complexity index is 778. The monoisotopic (exact) mass is 313 g/mol. The van der Waals surface area contributed by atoms with E-state index < -0.39 is 0 Å². The van der Waals surface area contributed by atoms with E-state index in [1.165, 1.54) is 0 Å². The van der Waals surface area contributed by atoms with Crippen LogP contribution in [0.4, 0.5) is 0 Å².